The number of aryl methyl sites for hydroxylation is 1. The van der Waals surface area contributed by atoms with Crippen LogP contribution in [-0.2, 0) is 11.3 Å². The summed E-state index contributed by atoms with van der Waals surface area (Å²) in [7, 11) is 0. The van der Waals surface area contributed by atoms with Gasteiger partial charge >= 0.3 is 0 Å². The molecule has 2 N–H and O–H groups in total. The van der Waals surface area contributed by atoms with Gasteiger partial charge in [0.15, 0.2) is 18.1 Å². The van der Waals surface area contributed by atoms with E-state index in [-0.39, 0.29) is 18.1 Å². The highest BCUT2D eigenvalue weighted by Crippen LogP contribution is 2.66. The van der Waals surface area contributed by atoms with E-state index in [1.165, 1.54) is 44.1 Å². The van der Waals surface area contributed by atoms with Crippen LogP contribution < -0.4 is 20.1 Å². The van der Waals surface area contributed by atoms with Gasteiger partial charge in [0.2, 0.25) is 0 Å². The fourth-order valence-corrected chi connectivity index (χ4v) is 7.96. The summed E-state index contributed by atoms with van der Waals surface area (Å²) in [6, 6.07) is 13.8. The van der Waals surface area contributed by atoms with Crippen LogP contribution in [0.4, 0.5) is 5.69 Å². The molecule has 4 aliphatic carbocycles. The van der Waals surface area contributed by atoms with Crippen LogP contribution in [0.3, 0.4) is 0 Å². The SMILES string of the molecule is CCOc1cc(CNC23CC4CC(C)(CC(C)(C4)C2)C3)ccc1OCC(=O)Nc1ccc(C)cc1. The monoisotopic (exact) mass is 476 g/mol. The minimum Gasteiger partial charge on any atom is -0.490 e. The van der Waals surface area contributed by atoms with Gasteiger partial charge in [0.25, 0.3) is 5.91 Å². The number of carbonyl (C=O) groups excluding carboxylic acids is 1. The van der Waals surface area contributed by atoms with E-state index in [4.69, 9.17) is 9.47 Å². The third-order valence-electron chi connectivity index (χ3n) is 8.30. The number of ether oxygens (including phenoxy) is 2. The first-order chi connectivity index (χ1) is 16.7. The summed E-state index contributed by atoms with van der Waals surface area (Å²) in [6.45, 7) is 10.3. The van der Waals surface area contributed by atoms with Gasteiger partial charge in [0.05, 0.1) is 6.61 Å². The molecule has 0 aromatic heterocycles. The first-order valence-electron chi connectivity index (χ1n) is 13.2. The van der Waals surface area contributed by atoms with Gasteiger partial charge in [0, 0.05) is 17.8 Å². The van der Waals surface area contributed by atoms with Crippen molar-refractivity contribution in [2.75, 3.05) is 18.5 Å². The average Bonchev–Trinajstić information content (AvgIpc) is 2.76. The average molecular weight is 477 g/mol. The van der Waals surface area contributed by atoms with Crippen LogP contribution in [-0.4, -0.2) is 24.7 Å². The molecule has 2 unspecified atom stereocenters. The van der Waals surface area contributed by atoms with Crippen molar-refractivity contribution in [1.82, 2.24) is 5.32 Å². The number of rotatable bonds is 9. The van der Waals surface area contributed by atoms with Crippen molar-refractivity contribution in [1.29, 1.82) is 0 Å². The summed E-state index contributed by atoms with van der Waals surface area (Å²) in [4.78, 5) is 12.4. The predicted octanol–water partition coefficient (Wildman–Crippen LogP) is 6.25. The van der Waals surface area contributed by atoms with Crippen LogP contribution in [0.2, 0.25) is 0 Å². The molecule has 4 fully saturated rings. The molecule has 0 aliphatic heterocycles. The molecule has 1 amide bonds. The van der Waals surface area contributed by atoms with E-state index in [1.807, 2.05) is 44.2 Å². The molecule has 6 rings (SSSR count). The van der Waals surface area contributed by atoms with Gasteiger partial charge in [-0.05, 0) is 98.9 Å². The van der Waals surface area contributed by atoms with Crippen LogP contribution in [0, 0.1) is 23.7 Å². The van der Waals surface area contributed by atoms with E-state index in [0.717, 1.165) is 23.7 Å². The summed E-state index contributed by atoms with van der Waals surface area (Å²) < 4.78 is 11.7. The second kappa shape index (κ2) is 9.16. The Morgan fingerprint density at radius 1 is 0.943 bits per heavy atom. The van der Waals surface area contributed by atoms with Crippen molar-refractivity contribution in [3.8, 4) is 11.5 Å². The van der Waals surface area contributed by atoms with Crippen LogP contribution in [0.1, 0.15) is 70.4 Å². The molecule has 0 saturated heterocycles. The molecular formula is C30H40N2O3. The van der Waals surface area contributed by atoms with Crippen molar-refractivity contribution in [2.24, 2.45) is 16.7 Å². The minimum absolute atomic E-state index is 0.0623. The van der Waals surface area contributed by atoms with E-state index in [1.54, 1.807) is 0 Å². The number of nitrogens with one attached hydrogen (secondary N) is 2. The summed E-state index contributed by atoms with van der Waals surface area (Å²) in [5.41, 5.74) is 4.36. The van der Waals surface area contributed by atoms with E-state index < -0.39 is 0 Å². The lowest BCUT2D eigenvalue weighted by atomic mass is 9.43. The fourth-order valence-electron chi connectivity index (χ4n) is 7.96. The zero-order valence-corrected chi connectivity index (χ0v) is 21.7. The molecule has 0 heterocycles. The molecule has 5 heteroatoms. The van der Waals surface area contributed by atoms with E-state index in [2.05, 4.69) is 36.6 Å². The zero-order chi connectivity index (χ0) is 24.7. The second-order valence-corrected chi connectivity index (χ2v) is 12.2. The van der Waals surface area contributed by atoms with Crippen molar-refractivity contribution in [2.45, 2.75) is 78.3 Å². The van der Waals surface area contributed by atoms with Gasteiger partial charge < -0.3 is 20.1 Å². The maximum Gasteiger partial charge on any atom is 0.262 e. The molecule has 0 spiro atoms. The zero-order valence-electron chi connectivity index (χ0n) is 21.7. The maximum atomic E-state index is 12.4. The van der Waals surface area contributed by atoms with E-state index in [9.17, 15) is 4.79 Å². The van der Waals surface area contributed by atoms with Gasteiger partial charge in [-0.3, -0.25) is 4.79 Å². The molecule has 4 saturated carbocycles. The third-order valence-corrected chi connectivity index (χ3v) is 8.30. The molecule has 2 aromatic carbocycles. The highest BCUT2D eigenvalue weighted by atomic mass is 16.5. The molecule has 0 radical (unpaired) electrons. The normalized spacial score (nSPS) is 30.8. The van der Waals surface area contributed by atoms with Crippen LogP contribution in [0.25, 0.3) is 0 Å². The van der Waals surface area contributed by atoms with Gasteiger partial charge in [-0.15, -0.1) is 0 Å². The molecule has 4 aliphatic rings. The maximum absolute atomic E-state index is 12.4. The molecule has 2 atom stereocenters. The number of hydrogen-bond acceptors (Lipinski definition) is 4. The second-order valence-electron chi connectivity index (χ2n) is 12.2. The van der Waals surface area contributed by atoms with Gasteiger partial charge in [0.1, 0.15) is 0 Å². The number of benzene rings is 2. The van der Waals surface area contributed by atoms with Crippen molar-refractivity contribution < 1.29 is 14.3 Å². The first-order valence-corrected chi connectivity index (χ1v) is 13.2. The lowest BCUT2D eigenvalue weighted by molar-refractivity contribution is -0.118. The predicted molar refractivity (Wildman–Crippen MR) is 140 cm³/mol. The molecule has 188 valence electrons. The number of amides is 1. The summed E-state index contributed by atoms with van der Waals surface area (Å²) in [5.74, 6) is 1.98. The Kier molecular flexibility index (Phi) is 6.33. The fraction of sp³-hybridized carbons (Fsp3) is 0.567. The molecule has 35 heavy (non-hydrogen) atoms. The van der Waals surface area contributed by atoms with Gasteiger partial charge in [-0.25, -0.2) is 0 Å². The Morgan fingerprint density at radius 3 is 2.31 bits per heavy atom. The summed E-state index contributed by atoms with van der Waals surface area (Å²) in [6.07, 6.45) is 8.10. The highest BCUT2D eigenvalue weighted by molar-refractivity contribution is 5.91. The lowest BCUT2D eigenvalue weighted by Gasteiger charge is -2.65. The topological polar surface area (TPSA) is 59.6 Å². The van der Waals surface area contributed by atoms with Crippen LogP contribution >= 0.6 is 0 Å². The van der Waals surface area contributed by atoms with Crippen LogP contribution in [0.5, 0.6) is 11.5 Å². The Balaban J connectivity index is 1.21. The van der Waals surface area contributed by atoms with Crippen LogP contribution in [0.15, 0.2) is 42.5 Å². The lowest BCUT2D eigenvalue weighted by Crippen LogP contribution is -2.63. The molecule has 4 bridgehead atoms. The van der Waals surface area contributed by atoms with Crippen molar-refractivity contribution in [3.05, 3.63) is 53.6 Å². The Bertz CT molecular complexity index is 1060. The van der Waals surface area contributed by atoms with E-state index in [0.29, 0.717) is 28.9 Å². The number of anilines is 1. The Hall–Kier alpha value is -2.53. The van der Waals surface area contributed by atoms with Gasteiger partial charge in [-0.1, -0.05) is 37.6 Å². The summed E-state index contributed by atoms with van der Waals surface area (Å²) >= 11 is 0. The van der Waals surface area contributed by atoms with E-state index >= 15 is 0 Å². The minimum atomic E-state index is -0.189. The first kappa shape index (κ1) is 24.2. The number of carbonyl (C=O) groups is 1. The Labute approximate surface area is 210 Å². The summed E-state index contributed by atoms with van der Waals surface area (Å²) in [5, 5.41) is 6.88. The van der Waals surface area contributed by atoms with Crippen molar-refractivity contribution >= 4 is 11.6 Å². The smallest absolute Gasteiger partial charge is 0.262 e. The quantitative estimate of drug-likeness (QED) is 0.449. The van der Waals surface area contributed by atoms with Gasteiger partial charge in [-0.2, -0.15) is 0 Å². The third kappa shape index (κ3) is 5.35. The molecule has 5 nitrogen and oxygen atoms in total. The Morgan fingerprint density at radius 2 is 1.66 bits per heavy atom. The number of hydrogen-bond donors (Lipinski definition) is 2. The van der Waals surface area contributed by atoms with Crippen molar-refractivity contribution in [3.63, 3.8) is 0 Å². The molecule has 2 aromatic rings. The standard InChI is InChI=1S/C30H40N2O3/c1-5-34-26-12-22(8-11-25(26)35-17-27(33)32-24-9-6-21(2)7-10-24)16-31-30-15-23-13-28(3,19-30)18-29(4,14-23)20-30/h6-12,23,31H,5,13-20H2,1-4H3,(H,32,33). The molecular weight excluding hydrogens is 436 g/mol. The largest absolute Gasteiger partial charge is 0.490 e. The highest BCUT2D eigenvalue weighted by Gasteiger charge is 2.59.